The SMILES string of the molecule is COc1ccc(NC(=S)N2CCN(Cc3ccc(C)cc3)CC2)cc1OC. The molecule has 1 fully saturated rings. The number of piperazine rings is 1. The van der Waals surface area contributed by atoms with Crippen LogP contribution < -0.4 is 14.8 Å². The number of thiocarbonyl (C=S) groups is 1. The van der Waals surface area contributed by atoms with Gasteiger partial charge in [0.2, 0.25) is 0 Å². The molecule has 144 valence electrons. The summed E-state index contributed by atoms with van der Waals surface area (Å²) in [6.45, 7) is 6.96. The van der Waals surface area contributed by atoms with E-state index in [9.17, 15) is 0 Å². The van der Waals surface area contributed by atoms with Gasteiger partial charge in [0.1, 0.15) is 0 Å². The number of aryl methyl sites for hydroxylation is 1. The number of methoxy groups -OCH3 is 2. The standard InChI is InChI=1S/C21H27N3O2S/c1-16-4-6-17(7-5-16)15-23-10-12-24(13-11-23)21(27)22-18-8-9-19(25-2)20(14-18)26-3/h4-9,14H,10-13,15H2,1-3H3,(H,22,27). The van der Waals surface area contributed by atoms with Crippen molar-refractivity contribution in [1.29, 1.82) is 0 Å². The lowest BCUT2D eigenvalue weighted by Crippen LogP contribution is -2.49. The van der Waals surface area contributed by atoms with Crippen LogP contribution in [0.2, 0.25) is 0 Å². The largest absolute Gasteiger partial charge is 0.493 e. The third-order valence-electron chi connectivity index (χ3n) is 4.82. The zero-order chi connectivity index (χ0) is 19.2. The summed E-state index contributed by atoms with van der Waals surface area (Å²) in [5.41, 5.74) is 3.56. The molecule has 5 nitrogen and oxygen atoms in total. The van der Waals surface area contributed by atoms with E-state index in [1.165, 1.54) is 11.1 Å². The molecule has 2 aromatic carbocycles. The summed E-state index contributed by atoms with van der Waals surface area (Å²) in [6, 6.07) is 14.5. The van der Waals surface area contributed by atoms with Crippen molar-refractivity contribution >= 4 is 23.0 Å². The zero-order valence-corrected chi connectivity index (χ0v) is 17.0. The average Bonchev–Trinajstić information content (AvgIpc) is 2.70. The first-order valence-corrected chi connectivity index (χ1v) is 9.55. The van der Waals surface area contributed by atoms with Crippen LogP contribution in [0.3, 0.4) is 0 Å². The number of hydrogen-bond acceptors (Lipinski definition) is 4. The molecule has 3 rings (SSSR count). The minimum atomic E-state index is 0.688. The lowest BCUT2D eigenvalue weighted by atomic mass is 10.1. The Morgan fingerprint density at radius 1 is 0.963 bits per heavy atom. The fraction of sp³-hybridized carbons (Fsp3) is 0.381. The first kappa shape index (κ1) is 19.5. The summed E-state index contributed by atoms with van der Waals surface area (Å²) in [7, 11) is 3.26. The Morgan fingerprint density at radius 3 is 2.26 bits per heavy atom. The topological polar surface area (TPSA) is 37.0 Å². The lowest BCUT2D eigenvalue weighted by molar-refractivity contribution is 0.177. The number of anilines is 1. The molecule has 1 saturated heterocycles. The first-order valence-electron chi connectivity index (χ1n) is 9.15. The highest BCUT2D eigenvalue weighted by Crippen LogP contribution is 2.29. The molecule has 0 spiro atoms. The van der Waals surface area contributed by atoms with E-state index in [0.717, 1.165) is 43.5 Å². The van der Waals surface area contributed by atoms with Crippen molar-refractivity contribution in [3.8, 4) is 11.5 Å². The Labute approximate surface area is 166 Å². The second kappa shape index (κ2) is 9.06. The minimum absolute atomic E-state index is 0.688. The van der Waals surface area contributed by atoms with Gasteiger partial charge in [-0.2, -0.15) is 0 Å². The van der Waals surface area contributed by atoms with Gasteiger partial charge in [-0.1, -0.05) is 29.8 Å². The maximum Gasteiger partial charge on any atom is 0.173 e. The van der Waals surface area contributed by atoms with Crippen LogP contribution in [-0.4, -0.2) is 55.3 Å². The van der Waals surface area contributed by atoms with Gasteiger partial charge in [-0.25, -0.2) is 0 Å². The molecule has 0 radical (unpaired) electrons. The Hall–Kier alpha value is -2.31. The third-order valence-corrected chi connectivity index (χ3v) is 5.18. The van der Waals surface area contributed by atoms with Gasteiger partial charge < -0.3 is 19.7 Å². The van der Waals surface area contributed by atoms with E-state index in [0.29, 0.717) is 11.5 Å². The van der Waals surface area contributed by atoms with Crippen LogP contribution in [0.25, 0.3) is 0 Å². The molecule has 1 heterocycles. The molecule has 1 aliphatic heterocycles. The molecule has 1 aliphatic rings. The van der Waals surface area contributed by atoms with Crippen molar-refractivity contribution < 1.29 is 9.47 Å². The second-order valence-electron chi connectivity index (χ2n) is 6.75. The molecule has 6 heteroatoms. The van der Waals surface area contributed by atoms with Gasteiger partial charge in [0.15, 0.2) is 16.6 Å². The summed E-state index contributed by atoms with van der Waals surface area (Å²) in [5.74, 6) is 1.40. The summed E-state index contributed by atoms with van der Waals surface area (Å²) in [4.78, 5) is 4.69. The number of ether oxygens (including phenoxy) is 2. The number of nitrogens with zero attached hydrogens (tertiary/aromatic N) is 2. The van der Waals surface area contributed by atoms with Crippen LogP contribution in [0.5, 0.6) is 11.5 Å². The smallest absolute Gasteiger partial charge is 0.173 e. The van der Waals surface area contributed by atoms with E-state index < -0.39 is 0 Å². The van der Waals surface area contributed by atoms with E-state index in [-0.39, 0.29) is 0 Å². The zero-order valence-electron chi connectivity index (χ0n) is 16.2. The molecule has 1 N–H and O–H groups in total. The average molecular weight is 386 g/mol. The summed E-state index contributed by atoms with van der Waals surface area (Å²) < 4.78 is 10.6. The van der Waals surface area contributed by atoms with Crippen molar-refractivity contribution in [3.63, 3.8) is 0 Å². The predicted molar refractivity (Wildman–Crippen MR) is 114 cm³/mol. The van der Waals surface area contributed by atoms with Crippen LogP contribution in [0.1, 0.15) is 11.1 Å². The summed E-state index contributed by atoms with van der Waals surface area (Å²) in [6.07, 6.45) is 0. The molecule has 0 bridgehead atoms. The summed E-state index contributed by atoms with van der Waals surface area (Å²) >= 11 is 5.60. The lowest BCUT2D eigenvalue weighted by Gasteiger charge is -2.36. The molecule has 0 unspecified atom stereocenters. The first-order chi connectivity index (χ1) is 13.1. The fourth-order valence-corrected chi connectivity index (χ4v) is 3.48. The van der Waals surface area contributed by atoms with Gasteiger partial charge in [0.25, 0.3) is 0 Å². The van der Waals surface area contributed by atoms with Gasteiger partial charge in [-0.05, 0) is 36.8 Å². The van der Waals surface area contributed by atoms with E-state index in [2.05, 4.69) is 46.3 Å². The molecule has 0 aliphatic carbocycles. The van der Waals surface area contributed by atoms with Crippen molar-refractivity contribution in [1.82, 2.24) is 9.80 Å². The van der Waals surface area contributed by atoms with Gasteiger partial charge in [0.05, 0.1) is 14.2 Å². The van der Waals surface area contributed by atoms with Crippen molar-refractivity contribution in [2.24, 2.45) is 0 Å². The Bertz CT molecular complexity index is 771. The van der Waals surface area contributed by atoms with Crippen LogP contribution in [-0.2, 0) is 6.54 Å². The fourth-order valence-electron chi connectivity index (χ4n) is 3.18. The number of benzene rings is 2. The van der Waals surface area contributed by atoms with Crippen molar-refractivity contribution in [3.05, 3.63) is 53.6 Å². The van der Waals surface area contributed by atoms with Gasteiger partial charge in [-0.15, -0.1) is 0 Å². The van der Waals surface area contributed by atoms with E-state index in [1.807, 2.05) is 18.2 Å². The van der Waals surface area contributed by atoms with E-state index in [1.54, 1.807) is 14.2 Å². The van der Waals surface area contributed by atoms with Crippen molar-refractivity contribution in [2.75, 3.05) is 45.7 Å². The number of hydrogen-bond donors (Lipinski definition) is 1. The number of rotatable bonds is 5. The Balaban J connectivity index is 1.51. The van der Waals surface area contributed by atoms with Gasteiger partial charge >= 0.3 is 0 Å². The maximum atomic E-state index is 5.60. The molecule has 0 saturated carbocycles. The molecular formula is C21H27N3O2S. The molecule has 0 atom stereocenters. The van der Waals surface area contributed by atoms with E-state index >= 15 is 0 Å². The van der Waals surface area contributed by atoms with Crippen LogP contribution in [0, 0.1) is 6.92 Å². The monoisotopic (exact) mass is 385 g/mol. The van der Waals surface area contributed by atoms with E-state index in [4.69, 9.17) is 21.7 Å². The molecule has 0 aromatic heterocycles. The van der Waals surface area contributed by atoms with Crippen LogP contribution in [0.4, 0.5) is 5.69 Å². The third kappa shape index (κ3) is 5.11. The summed E-state index contributed by atoms with van der Waals surface area (Å²) in [5, 5.41) is 4.06. The molecular weight excluding hydrogens is 358 g/mol. The van der Waals surface area contributed by atoms with Gasteiger partial charge in [-0.3, -0.25) is 4.90 Å². The quantitative estimate of drug-likeness (QED) is 0.794. The molecule has 27 heavy (non-hydrogen) atoms. The highest BCUT2D eigenvalue weighted by molar-refractivity contribution is 7.80. The molecule has 2 aromatic rings. The van der Waals surface area contributed by atoms with Crippen molar-refractivity contribution in [2.45, 2.75) is 13.5 Å². The van der Waals surface area contributed by atoms with Crippen LogP contribution in [0.15, 0.2) is 42.5 Å². The van der Waals surface area contributed by atoms with Gasteiger partial charge in [0, 0.05) is 44.5 Å². The molecule has 0 amide bonds. The Morgan fingerprint density at radius 2 is 1.63 bits per heavy atom. The normalized spacial score (nSPS) is 14.7. The minimum Gasteiger partial charge on any atom is -0.493 e. The second-order valence-corrected chi connectivity index (χ2v) is 7.14. The maximum absolute atomic E-state index is 5.60. The highest BCUT2D eigenvalue weighted by atomic mass is 32.1. The number of nitrogens with one attached hydrogen (secondary N) is 1. The van der Waals surface area contributed by atoms with Crippen LogP contribution >= 0.6 is 12.2 Å². The Kier molecular flexibility index (Phi) is 6.53. The predicted octanol–water partition coefficient (Wildman–Crippen LogP) is 3.53. The highest BCUT2D eigenvalue weighted by Gasteiger charge is 2.19.